The molecule has 5 heterocycles. The van der Waals surface area contributed by atoms with Crippen molar-refractivity contribution in [2.45, 2.75) is 77.8 Å². The van der Waals surface area contributed by atoms with Crippen LogP contribution in [0.3, 0.4) is 0 Å². The molecule has 0 spiro atoms. The first-order valence-electron chi connectivity index (χ1n) is 35.9. The lowest BCUT2D eigenvalue weighted by atomic mass is 9.98. The number of rotatable bonds is 20. The summed E-state index contributed by atoms with van der Waals surface area (Å²) in [7, 11) is 0. The van der Waals surface area contributed by atoms with Crippen molar-refractivity contribution in [1.82, 2.24) is 39.9 Å². The summed E-state index contributed by atoms with van der Waals surface area (Å²) in [5.41, 5.74) is 5.77. The summed E-state index contributed by atoms with van der Waals surface area (Å²) >= 11 is 0. The fourth-order valence-electron chi connectivity index (χ4n) is 13.7. The van der Waals surface area contributed by atoms with Crippen LogP contribution < -0.4 is 37.9 Å². The summed E-state index contributed by atoms with van der Waals surface area (Å²) in [4.78, 5) is 39.7. The molecule has 0 saturated carbocycles. The van der Waals surface area contributed by atoms with Gasteiger partial charge in [-0.1, -0.05) is 194 Å². The van der Waals surface area contributed by atoms with E-state index in [4.69, 9.17) is 67.8 Å². The molecule has 16 heteroatoms. The van der Waals surface area contributed by atoms with Crippen LogP contribution in [0.25, 0.3) is 89.7 Å². The molecule has 12 aromatic carbocycles. The van der Waals surface area contributed by atoms with Crippen LogP contribution in [0.4, 0.5) is 0 Å². The molecule has 15 aromatic rings. The van der Waals surface area contributed by atoms with Crippen LogP contribution in [0.15, 0.2) is 291 Å². The molecule has 17 rings (SSSR count). The maximum Gasteiger partial charge on any atom is 0.217 e. The third kappa shape index (κ3) is 13.5. The second-order valence-corrected chi connectivity index (χ2v) is 28.5. The number of aromatic nitrogens is 8. The van der Waals surface area contributed by atoms with Crippen molar-refractivity contribution in [3.05, 3.63) is 313 Å². The maximum atomic E-state index is 7.56. The topological polar surface area (TPSA) is 183 Å². The molecule has 0 radical (unpaired) electrons. The summed E-state index contributed by atoms with van der Waals surface area (Å²) < 4.78 is 57.2. The van der Waals surface area contributed by atoms with E-state index in [9.17, 15) is 0 Å². The Bertz CT molecular complexity index is 5670. The number of hydrogen-bond donors (Lipinski definition) is 2. The fourth-order valence-corrected chi connectivity index (χ4v) is 13.7. The lowest BCUT2D eigenvalue weighted by molar-refractivity contribution is 0.108. The molecule has 0 fully saturated rings. The molecule has 2 aliphatic heterocycles. The summed E-state index contributed by atoms with van der Waals surface area (Å²) in [6, 6.07) is 94.0. The van der Waals surface area contributed by atoms with E-state index < -0.39 is 22.4 Å². The molecule has 2 aliphatic rings. The molecule has 2 N–H and O–H groups in total. The SMILES string of the molecule is CC(C)(Oc1ccc(Oc2c(Oc3ccc(OC(C)(C)c4ccccc4)cc3)c(Oc3ccc(OC(C)(C)c4ccccc4)cc3)c3c4nc5nc(nc6[nH]c(nc7nc(nc([nH]4)c3c2Oc2ccc(OC(C)(C)c3ccccc3)cc2)-c2ccccc2-7)c2ccccc62)-c2ccccc2-5)cc1)c1ccccc1. The highest BCUT2D eigenvalue weighted by Gasteiger charge is 2.35. The molecule has 108 heavy (non-hydrogen) atoms. The normalized spacial score (nSPS) is 12.1. The van der Waals surface area contributed by atoms with E-state index in [2.05, 4.69) is 58.5 Å². The smallest absolute Gasteiger partial charge is 0.217 e. The quantitative estimate of drug-likeness (QED) is 0.0735. The minimum absolute atomic E-state index is 0.0764. The number of H-pyrrole nitrogens is 2. The van der Waals surface area contributed by atoms with E-state index in [0.717, 1.165) is 55.3 Å². The molecule has 0 aliphatic carbocycles. The summed E-state index contributed by atoms with van der Waals surface area (Å²) in [6.07, 6.45) is 0. The zero-order valence-electron chi connectivity index (χ0n) is 60.7. The molecule has 0 atom stereocenters. The van der Waals surface area contributed by atoms with Crippen molar-refractivity contribution >= 4 is 44.1 Å². The maximum absolute atomic E-state index is 7.56. The first-order valence-corrected chi connectivity index (χ1v) is 35.9. The Hall–Kier alpha value is -13.6. The van der Waals surface area contributed by atoms with Crippen molar-refractivity contribution in [1.29, 1.82) is 0 Å². The first kappa shape index (κ1) is 67.6. The number of fused-ring (bicyclic) bond motifs is 20. The van der Waals surface area contributed by atoms with Crippen LogP contribution in [0.2, 0.25) is 0 Å². The van der Waals surface area contributed by atoms with Gasteiger partial charge in [-0.05, 0) is 175 Å². The zero-order chi connectivity index (χ0) is 73.7. The highest BCUT2D eigenvalue weighted by Crippen LogP contribution is 2.58. The van der Waals surface area contributed by atoms with E-state index in [1.807, 2.05) is 298 Å². The third-order valence-corrected chi connectivity index (χ3v) is 19.4. The average molecular weight is 1420 g/mol. The largest absolute Gasteiger partial charge is 0.483 e. The average Bonchev–Trinajstić information content (AvgIpc) is 1.07. The summed E-state index contributed by atoms with van der Waals surface area (Å²) in [5, 5.41) is 2.40. The van der Waals surface area contributed by atoms with E-state index in [0.29, 0.717) is 91.4 Å². The zero-order valence-corrected chi connectivity index (χ0v) is 60.7. The van der Waals surface area contributed by atoms with Crippen LogP contribution in [0, 0.1) is 0 Å². The van der Waals surface area contributed by atoms with Crippen molar-refractivity contribution in [3.8, 4) is 115 Å². The molecular weight excluding hydrogens is 1350 g/mol. The molecule has 3 aromatic heterocycles. The Balaban J connectivity index is 0.950. The summed E-state index contributed by atoms with van der Waals surface area (Å²) in [5.74, 6) is 5.90. The van der Waals surface area contributed by atoms with Gasteiger partial charge >= 0.3 is 0 Å². The second-order valence-electron chi connectivity index (χ2n) is 28.5. The van der Waals surface area contributed by atoms with Gasteiger partial charge in [0.15, 0.2) is 34.8 Å². The van der Waals surface area contributed by atoms with Gasteiger partial charge in [-0.25, -0.2) is 29.9 Å². The predicted molar refractivity (Wildman–Crippen MR) is 423 cm³/mol. The van der Waals surface area contributed by atoms with Gasteiger partial charge in [0.25, 0.3) is 0 Å². The highest BCUT2D eigenvalue weighted by atomic mass is 16.6. The van der Waals surface area contributed by atoms with Crippen LogP contribution in [-0.2, 0) is 22.4 Å². The third-order valence-electron chi connectivity index (χ3n) is 19.4. The number of nitrogens with one attached hydrogen (secondary N) is 2. The van der Waals surface area contributed by atoms with E-state index >= 15 is 0 Å². The molecule has 530 valence electrons. The van der Waals surface area contributed by atoms with E-state index in [-0.39, 0.29) is 34.3 Å². The Morgan fingerprint density at radius 1 is 0.213 bits per heavy atom. The van der Waals surface area contributed by atoms with Gasteiger partial charge in [0.05, 0.1) is 10.8 Å². The predicted octanol–water partition coefficient (Wildman–Crippen LogP) is 23.3. The number of nitrogens with zero attached hydrogens (tertiary/aromatic N) is 6. The van der Waals surface area contributed by atoms with Gasteiger partial charge in [-0.3, -0.25) is 0 Å². The molecule has 8 bridgehead atoms. The summed E-state index contributed by atoms with van der Waals surface area (Å²) in [6.45, 7) is 16.3. The monoisotopic (exact) mass is 1420 g/mol. The van der Waals surface area contributed by atoms with Crippen LogP contribution in [-0.4, -0.2) is 39.9 Å². The number of hydrogen-bond acceptors (Lipinski definition) is 14. The van der Waals surface area contributed by atoms with Gasteiger partial charge in [-0.15, -0.1) is 0 Å². The minimum Gasteiger partial charge on any atom is -0.483 e. The second kappa shape index (κ2) is 27.5. The number of aromatic amines is 2. The standard InChI is InChI=1S/C92H74N8O8/c1-89(2,57-27-13-9-14-28-57)105-65-49-41-61(42-50-65)101-77-75-76(88-99-86-74-40-26-24-38-72(74)84(97-86)95-82-70-36-22-21-35-69(70)81(93-82)94-83-71-37-23-25-39-73(71)85(96-83)98-87(75)100-88)78(102-62-43-51-66(52-44-62)106-90(3,4)58-29-15-10-16-30-58)80(104-64-47-55-68(56-48-64)108-92(7,8)60-33-19-12-20-34-60)79(77)103-63-45-53-67(54-46-63)107-91(5,6)59-31-17-11-18-32-59/h9-56H,1-8H3,(H2,93,94,95,96,97,98,99,100). The number of benzene rings is 12. The molecular formula is C92H74N8O8. The first-order chi connectivity index (χ1) is 52.4. The van der Waals surface area contributed by atoms with Gasteiger partial charge in [0.1, 0.15) is 91.0 Å². The van der Waals surface area contributed by atoms with Gasteiger partial charge in [0, 0.05) is 33.0 Å². The van der Waals surface area contributed by atoms with Crippen LogP contribution in [0.1, 0.15) is 77.6 Å². The van der Waals surface area contributed by atoms with E-state index in [1.54, 1.807) is 0 Å². The van der Waals surface area contributed by atoms with Gasteiger partial charge in [0.2, 0.25) is 11.5 Å². The Labute approximate surface area is 624 Å². The highest BCUT2D eigenvalue weighted by molar-refractivity contribution is 6.15. The Morgan fingerprint density at radius 3 is 0.694 bits per heavy atom. The van der Waals surface area contributed by atoms with Gasteiger partial charge in [-0.2, -0.15) is 0 Å². The fraction of sp³-hybridized carbons (Fsp3) is 0.130. The molecule has 0 amide bonds. The Kier molecular flexibility index (Phi) is 17.2. The van der Waals surface area contributed by atoms with Crippen molar-refractivity contribution in [2.24, 2.45) is 0 Å². The van der Waals surface area contributed by atoms with Crippen LogP contribution >= 0.6 is 0 Å². The van der Waals surface area contributed by atoms with Gasteiger partial charge < -0.3 is 47.9 Å². The number of ether oxygens (including phenoxy) is 8. The molecule has 16 nitrogen and oxygen atoms in total. The minimum atomic E-state index is -0.703. The Morgan fingerprint density at radius 2 is 0.426 bits per heavy atom. The lowest BCUT2D eigenvalue weighted by Gasteiger charge is -2.27. The molecule has 0 unspecified atom stereocenters. The van der Waals surface area contributed by atoms with E-state index in [1.165, 1.54) is 0 Å². The van der Waals surface area contributed by atoms with Crippen LogP contribution in [0.5, 0.6) is 69.0 Å². The van der Waals surface area contributed by atoms with Crippen molar-refractivity contribution in [2.75, 3.05) is 0 Å². The van der Waals surface area contributed by atoms with Crippen molar-refractivity contribution < 1.29 is 37.9 Å². The lowest BCUT2D eigenvalue weighted by Crippen LogP contribution is -2.25. The molecule has 0 saturated heterocycles. The van der Waals surface area contributed by atoms with Crippen molar-refractivity contribution in [3.63, 3.8) is 0 Å².